The van der Waals surface area contributed by atoms with Gasteiger partial charge in [-0.2, -0.15) is 0 Å². The fourth-order valence-electron chi connectivity index (χ4n) is 3.62. The zero-order valence-electron chi connectivity index (χ0n) is 15.5. The van der Waals surface area contributed by atoms with Crippen LogP contribution in [0.2, 0.25) is 5.02 Å². The molecule has 0 bridgehead atoms. The monoisotopic (exact) mass is 355 g/mol. The van der Waals surface area contributed by atoms with Crippen LogP contribution in [-0.2, 0) is 0 Å². The summed E-state index contributed by atoms with van der Waals surface area (Å²) < 4.78 is 6.06. The van der Waals surface area contributed by atoms with E-state index in [4.69, 9.17) is 16.3 Å². The minimum absolute atomic E-state index is 0.199. The summed E-state index contributed by atoms with van der Waals surface area (Å²) in [5, 5.41) is 0.677. The van der Waals surface area contributed by atoms with Crippen LogP contribution in [0.3, 0.4) is 0 Å². The lowest BCUT2D eigenvalue weighted by Gasteiger charge is -2.41. The Balaban J connectivity index is 2.00. The van der Waals surface area contributed by atoms with Crippen molar-refractivity contribution in [2.24, 2.45) is 5.41 Å². The Hall–Kier alpha value is -1.93. The lowest BCUT2D eigenvalue weighted by molar-refractivity contribution is 0.300. The molecule has 1 aliphatic rings. The molecule has 1 aliphatic heterocycles. The Morgan fingerprint density at radius 2 is 1.88 bits per heavy atom. The molecule has 0 radical (unpaired) electrons. The van der Waals surface area contributed by atoms with Crippen molar-refractivity contribution in [3.63, 3.8) is 0 Å². The van der Waals surface area contributed by atoms with E-state index in [9.17, 15) is 0 Å². The molecule has 0 saturated heterocycles. The average molecular weight is 356 g/mol. The summed E-state index contributed by atoms with van der Waals surface area (Å²) in [6.07, 6.45) is 1.12. The number of halogens is 1. The predicted molar refractivity (Wildman–Crippen MR) is 107 cm³/mol. The third kappa shape index (κ3) is 3.85. The van der Waals surface area contributed by atoms with E-state index in [-0.39, 0.29) is 5.41 Å². The Morgan fingerprint density at radius 1 is 1.16 bits per heavy atom. The van der Waals surface area contributed by atoms with E-state index in [1.54, 1.807) is 0 Å². The summed E-state index contributed by atoms with van der Waals surface area (Å²) in [6.45, 7) is 14.1. The fraction of sp³-hybridized carbons (Fsp3) is 0.364. The van der Waals surface area contributed by atoms with Gasteiger partial charge < -0.3 is 9.64 Å². The molecule has 0 amide bonds. The normalized spacial score (nSPS) is 17.2. The van der Waals surface area contributed by atoms with Gasteiger partial charge in [0.1, 0.15) is 11.5 Å². The summed E-state index contributed by atoms with van der Waals surface area (Å²) in [5.41, 5.74) is 3.86. The van der Waals surface area contributed by atoms with E-state index < -0.39 is 0 Å². The van der Waals surface area contributed by atoms with Crippen LogP contribution in [0.1, 0.15) is 45.6 Å². The summed E-state index contributed by atoms with van der Waals surface area (Å²) in [4.78, 5) is 2.31. The molecular formula is C22H26ClNO. The molecule has 25 heavy (non-hydrogen) atoms. The van der Waals surface area contributed by atoms with Crippen LogP contribution >= 0.6 is 11.6 Å². The van der Waals surface area contributed by atoms with E-state index in [2.05, 4.69) is 51.3 Å². The Bertz CT molecular complexity index is 791. The molecular weight excluding hydrogens is 330 g/mol. The minimum Gasteiger partial charge on any atom is -0.457 e. The molecule has 0 fully saturated rings. The van der Waals surface area contributed by atoms with Crippen molar-refractivity contribution in [2.75, 3.05) is 11.4 Å². The summed E-state index contributed by atoms with van der Waals surface area (Å²) >= 11 is 6.07. The zero-order valence-corrected chi connectivity index (χ0v) is 16.2. The van der Waals surface area contributed by atoms with Gasteiger partial charge in [-0.1, -0.05) is 45.0 Å². The fourth-order valence-corrected chi connectivity index (χ4v) is 3.80. The number of rotatable bonds is 3. The van der Waals surface area contributed by atoms with Crippen LogP contribution in [0.5, 0.6) is 11.5 Å². The maximum absolute atomic E-state index is 6.07. The van der Waals surface area contributed by atoms with Crippen LogP contribution in [0.25, 0.3) is 0 Å². The van der Waals surface area contributed by atoms with Crippen molar-refractivity contribution in [3.05, 3.63) is 65.3 Å². The molecule has 3 heteroatoms. The summed E-state index contributed by atoms with van der Waals surface area (Å²) in [7, 11) is 0. The van der Waals surface area contributed by atoms with Gasteiger partial charge in [0.15, 0.2) is 0 Å². The van der Waals surface area contributed by atoms with E-state index in [1.807, 2.05) is 30.3 Å². The Morgan fingerprint density at radius 3 is 2.52 bits per heavy atom. The second-order valence-corrected chi connectivity index (χ2v) is 8.31. The molecule has 0 aliphatic carbocycles. The van der Waals surface area contributed by atoms with Gasteiger partial charge in [0.05, 0.1) is 0 Å². The summed E-state index contributed by atoms with van der Waals surface area (Å²) in [5.74, 6) is 2.09. The highest BCUT2D eigenvalue weighted by molar-refractivity contribution is 6.30. The molecule has 0 spiro atoms. The smallest absolute Gasteiger partial charge is 0.128 e. The first kappa shape index (κ1) is 17.9. The van der Waals surface area contributed by atoms with E-state index in [0.29, 0.717) is 10.9 Å². The second-order valence-electron chi connectivity index (χ2n) is 7.87. The largest absolute Gasteiger partial charge is 0.457 e. The van der Waals surface area contributed by atoms with Gasteiger partial charge in [-0.3, -0.25) is 0 Å². The quantitative estimate of drug-likeness (QED) is 0.587. The molecule has 0 N–H and O–H groups in total. The highest BCUT2D eigenvalue weighted by Gasteiger charge is 2.33. The molecule has 0 aromatic heterocycles. The standard InChI is InChI=1S/C22H26ClNO/c1-15(2)24-12-11-20(22(3,4)5)19-14-18(9-10-21(19)24)25-17-8-6-7-16(23)13-17/h6-10,13-14,20H,1,11-12H2,2-5H3. The number of benzene rings is 2. The van der Waals surface area contributed by atoms with Gasteiger partial charge in [0, 0.05) is 23.0 Å². The van der Waals surface area contributed by atoms with E-state index >= 15 is 0 Å². The van der Waals surface area contributed by atoms with Crippen LogP contribution in [0.4, 0.5) is 5.69 Å². The molecule has 132 valence electrons. The molecule has 1 unspecified atom stereocenters. The van der Waals surface area contributed by atoms with Gasteiger partial charge in [0.2, 0.25) is 0 Å². The molecule has 2 aromatic carbocycles. The maximum Gasteiger partial charge on any atom is 0.128 e. The van der Waals surface area contributed by atoms with Crippen molar-refractivity contribution < 1.29 is 4.74 Å². The number of allylic oxidation sites excluding steroid dienone is 1. The van der Waals surface area contributed by atoms with Crippen LogP contribution in [0.15, 0.2) is 54.7 Å². The SMILES string of the molecule is C=C(C)N1CCC(C(C)(C)C)c2cc(Oc3cccc(Cl)c3)ccc21. The lowest BCUT2D eigenvalue weighted by atomic mass is 9.72. The van der Waals surface area contributed by atoms with Gasteiger partial charge >= 0.3 is 0 Å². The third-order valence-corrected chi connectivity index (χ3v) is 5.08. The Kier molecular flexibility index (Phi) is 4.83. The van der Waals surface area contributed by atoms with Crippen LogP contribution in [-0.4, -0.2) is 6.54 Å². The number of fused-ring (bicyclic) bond motifs is 1. The number of hydrogen-bond donors (Lipinski definition) is 0. The highest BCUT2D eigenvalue weighted by atomic mass is 35.5. The van der Waals surface area contributed by atoms with Crippen molar-refractivity contribution in [2.45, 2.75) is 40.0 Å². The number of ether oxygens (including phenoxy) is 1. The topological polar surface area (TPSA) is 12.5 Å². The van der Waals surface area contributed by atoms with Crippen molar-refractivity contribution >= 4 is 17.3 Å². The first-order chi connectivity index (χ1) is 11.8. The number of nitrogens with zero attached hydrogens (tertiary/aromatic N) is 1. The van der Waals surface area contributed by atoms with E-state index in [0.717, 1.165) is 30.2 Å². The first-order valence-electron chi connectivity index (χ1n) is 8.76. The molecule has 3 rings (SSSR count). The van der Waals surface area contributed by atoms with E-state index in [1.165, 1.54) is 11.3 Å². The zero-order chi connectivity index (χ0) is 18.2. The van der Waals surface area contributed by atoms with Crippen molar-refractivity contribution in [1.82, 2.24) is 0 Å². The molecule has 2 aromatic rings. The first-order valence-corrected chi connectivity index (χ1v) is 9.14. The molecule has 1 atom stereocenters. The second kappa shape index (κ2) is 6.76. The third-order valence-electron chi connectivity index (χ3n) is 4.84. The maximum atomic E-state index is 6.07. The van der Waals surface area contributed by atoms with Crippen molar-refractivity contribution in [1.29, 1.82) is 0 Å². The molecule has 1 heterocycles. The van der Waals surface area contributed by atoms with Gasteiger partial charge in [-0.25, -0.2) is 0 Å². The van der Waals surface area contributed by atoms with Gasteiger partial charge in [0.25, 0.3) is 0 Å². The molecule has 2 nitrogen and oxygen atoms in total. The van der Waals surface area contributed by atoms with Gasteiger partial charge in [-0.15, -0.1) is 0 Å². The number of anilines is 1. The highest BCUT2D eigenvalue weighted by Crippen LogP contribution is 2.47. The lowest BCUT2D eigenvalue weighted by Crippen LogP contribution is -2.33. The van der Waals surface area contributed by atoms with Crippen LogP contribution < -0.4 is 9.64 Å². The van der Waals surface area contributed by atoms with Gasteiger partial charge in [-0.05, 0) is 66.6 Å². The summed E-state index contributed by atoms with van der Waals surface area (Å²) in [6, 6.07) is 13.9. The minimum atomic E-state index is 0.199. The van der Waals surface area contributed by atoms with Crippen LogP contribution in [0, 0.1) is 5.41 Å². The molecule has 0 saturated carbocycles. The number of hydrogen-bond acceptors (Lipinski definition) is 2. The average Bonchev–Trinajstić information content (AvgIpc) is 2.52. The van der Waals surface area contributed by atoms with Crippen molar-refractivity contribution in [3.8, 4) is 11.5 Å². The Labute approximate surface area is 156 Å². The predicted octanol–water partition coefficient (Wildman–Crippen LogP) is 7.01.